The van der Waals surface area contributed by atoms with Crippen LogP contribution in [0.15, 0.2) is 18.6 Å². The highest BCUT2D eigenvalue weighted by Gasteiger charge is 2.67. The summed E-state index contributed by atoms with van der Waals surface area (Å²) in [7, 11) is -4.44. The SMILES string of the molecule is CC1CC2CC3CC(n4cc(CN(Cc5cn(CCCOS(=O)(=O)O)nn5)Cc5cn(C67CC(C)CC8CC(C6)C87)[nH]5)nn4)(C1)C23. The van der Waals surface area contributed by atoms with Crippen LogP contribution in [0.3, 0.4) is 0 Å². The predicted octanol–water partition coefficient (Wildman–Crippen LogP) is 3.97. The van der Waals surface area contributed by atoms with Gasteiger partial charge in [-0.25, -0.2) is 8.86 Å². The fourth-order valence-electron chi connectivity index (χ4n) is 11.8. The van der Waals surface area contributed by atoms with Gasteiger partial charge in [0, 0.05) is 38.6 Å². The van der Waals surface area contributed by atoms with E-state index in [4.69, 9.17) is 14.9 Å². The molecule has 46 heavy (non-hydrogen) atoms. The third-order valence-corrected chi connectivity index (χ3v) is 13.5. The van der Waals surface area contributed by atoms with Crippen molar-refractivity contribution in [1.29, 1.82) is 0 Å². The van der Waals surface area contributed by atoms with E-state index in [1.165, 1.54) is 57.1 Å². The van der Waals surface area contributed by atoms with Crippen molar-refractivity contribution in [2.45, 2.75) is 109 Å². The second-order valence-electron chi connectivity index (χ2n) is 16.3. The van der Waals surface area contributed by atoms with Crippen LogP contribution >= 0.6 is 0 Å². The number of nitrogens with zero attached hydrogens (tertiary/aromatic N) is 8. The zero-order valence-electron chi connectivity index (χ0n) is 26.9. The number of hydrogen-bond acceptors (Lipinski definition) is 8. The third-order valence-electron chi connectivity index (χ3n) is 13.1. The largest absolute Gasteiger partial charge is 0.397 e. The lowest BCUT2D eigenvalue weighted by Gasteiger charge is -2.70. The van der Waals surface area contributed by atoms with E-state index in [2.05, 4.69) is 60.1 Å². The Morgan fingerprint density at radius 1 is 0.870 bits per heavy atom. The Morgan fingerprint density at radius 3 is 2.20 bits per heavy atom. The van der Waals surface area contributed by atoms with Gasteiger partial charge in [0.15, 0.2) is 0 Å². The average Bonchev–Trinajstić information content (AvgIpc) is 3.57. The fraction of sp³-hybridized carbons (Fsp3) is 0.812. The second-order valence-corrected chi connectivity index (χ2v) is 17.4. The molecule has 6 saturated carbocycles. The predicted molar refractivity (Wildman–Crippen MR) is 166 cm³/mol. The minimum Gasteiger partial charge on any atom is -0.300 e. The zero-order chi connectivity index (χ0) is 31.4. The van der Waals surface area contributed by atoms with Crippen molar-refractivity contribution in [3.05, 3.63) is 35.7 Å². The van der Waals surface area contributed by atoms with E-state index in [1.807, 2.05) is 6.20 Å². The molecule has 0 aromatic carbocycles. The molecule has 9 rings (SSSR count). The van der Waals surface area contributed by atoms with Gasteiger partial charge in [-0.15, -0.1) is 10.2 Å². The minimum atomic E-state index is -4.44. The van der Waals surface area contributed by atoms with Crippen LogP contribution in [0.25, 0.3) is 0 Å². The first kappa shape index (κ1) is 29.6. The van der Waals surface area contributed by atoms with Gasteiger partial charge in [-0.05, 0) is 105 Å². The number of hydrogen-bond donors (Lipinski definition) is 2. The van der Waals surface area contributed by atoms with Gasteiger partial charge in [-0.3, -0.25) is 23.9 Å². The number of aryl methyl sites for hydroxylation is 1. The Morgan fingerprint density at radius 2 is 1.50 bits per heavy atom. The molecular formula is C32H47N9O4S. The summed E-state index contributed by atoms with van der Waals surface area (Å²) < 4.78 is 41.3. The van der Waals surface area contributed by atoms with E-state index in [1.54, 1.807) is 4.68 Å². The van der Waals surface area contributed by atoms with Crippen LogP contribution in [0, 0.1) is 47.3 Å². The molecule has 0 amide bonds. The van der Waals surface area contributed by atoms with Crippen molar-refractivity contribution in [1.82, 2.24) is 44.7 Å². The first-order valence-electron chi connectivity index (χ1n) is 17.5. The molecule has 14 heteroatoms. The van der Waals surface area contributed by atoms with Gasteiger partial charge in [0.25, 0.3) is 0 Å². The molecule has 10 atom stereocenters. The molecule has 6 fully saturated rings. The Hall–Kier alpha value is -2.55. The molecule has 2 N–H and O–H groups in total. The summed E-state index contributed by atoms with van der Waals surface area (Å²) in [6, 6.07) is 0. The molecule has 10 unspecified atom stereocenters. The topological polar surface area (TPSA) is 149 Å². The highest BCUT2D eigenvalue weighted by Crippen LogP contribution is 2.70. The van der Waals surface area contributed by atoms with Crippen LogP contribution in [-0.2, 0) is 51.8 Å². The van der Waals surface area contributed by atoms with Gasteiger partial charge in [0.1, 0.15) is 0 Å². The van der Waals surface area contributed by atoms with Crippen LogP contribution in [0.1, 0.15) is 88.7 Å². The minimum absolute atomic E-state index is 0.114. The first-order valence-corrected chi connectivity index (χ1v) is 18.8. The van der Waals surface area contributed by atoms with E-state index >= 15 is 0 Å². The molecule has 250 valence electrons. The standard InChI is InChI=1S/C32H47N9O4S/c1-20-6-22-8-24-12-31(10-20,29(22)24)40-19-28(35-40)16-38(14-26-17-39(36-33-26)4-3-5-45-46(42,43)44)15-27-18-41(37-34-27)32-11-21(2)7-23-9-25(13-32)30(23)32/h17-25,29-30,35H,3-16H2,1-2H3,(H,42,43,44). The molecule has 0 bridgehead atoms. The Bertz CT molecular complexity index is 1700. The van der Waals surface area contributed by atoms with Crippen molar-refractivity contribution < 1.29 is 17.2 Å². The summed E-state index contributed by atoms with van der Waals surface area (Å²) in [4.78, 5) is 2.36. The molecular weight excluding hydrogens is 606 g/mol. The lowest BCUT2D eigenvalue weighted by Crippen LogP contribution is -2.68. The van der Waals surface area contributed by atoms with Gasteiger partial charge in [0.05, 0.1) is 41.0 Å². The Labute approximate surface area is 270 Å². The first-order chi connectivity index (χ1) is 22.1. The number of aromatic nitrogens is 8. The van der Waals surface area contributed by atoms with Crippen LogP contribution in [0.4, 0.5) is 0 Å². The average molecular weight is 654 g/mol. The smallest absolute Gasteiger partial charge is 0.300 e. The maximum Gasteiger partial charge on any atom is 0.397 e. The van der Waals surface area contributed by atoms with Crippen LogP contribution in [0.5, 0.6) is 0 Å². The maximum absolute atomic E-state index is 10.8. The molecule has 6 aliphatic rings. The van der Waals surface area contributed by atoms with E-state index in [9.17, 15) is 8.42 Å². The summed E-state index contributed by atoms with van der Waals surface area (Å²) in [6.07, 6.45) is 17.5. The number of nitrogens with one attached hydrogen (secondary N) is 1. The number of H-pyrrole nitrogens is 1. The van der Waals surface area contributed by atoms with Crippen molar-refractivity contribution in [2.75, 3.05) is 6.61 Å². The summed E-state index contributed by atoms with van der Waals surface area (Å²) in [5.74, 6) is 6.77. The van der Waals surface area contributed by atoms with E-state index < -0.39 is 10.4 Å². The van der Waals surface area contributed by atoms with E-state index in [-0.39, 0.29) is 12.1 Å². The second kappa shape index (κ2) is 10.5. The van der Waals surface area contributed by atoms with Gasteiger partial charge < -0.3 is 0 Å². The van der Waals surface area contributed by atoms with Crippen molar-refractivity contribution >= 4 is 10.4 Å². The highest BCUT2D eigenvalue weighted by molar-refractivity contribution is 7.80. The van der Waals surface area contributed by atoms with Gasteiger partial charge >= 0.3 is 10.4 Å². The van der Waals surface area contributed by atoms with Crippen LogP contribution in [0.2, 0.25) is 0 Å². The molecule has 6 aliphatic carbocycles. The van der Waals surface area contributed by atoms with Gasteiger partial charge in [0.2, 0.25) is 0 Å². The van der Waals surface area contributed by atoms with E-state index in [0.29, 0.717) is 31.6 Å². The third kappa shape index (κ3) is 4.75. The summed E-state index contributed by atoms with van der Waals surface area (Å²) in [5.41, 5.74) is 3.50. The fourth-order valence-corrected chi connectivity index (χ4v) is 12.1. The van der Waals surface area contributed by atoms with Crippen molar-refractivity contribution in [2.24, 2.45) is 47.3 Å². The molecule has 0 aliphatic heterocycles. The zero-order valence-corrected chi connectivity index (χ0v) is 27.7. The van der Waals surface area contributed by atoms with Crippen molar-refractivity contribution in [3.8, 4) is 0 Å². The molecule has 3 heterocycles. The van der Waals surface area contributed by atoms with Crippen molar-refractivity contribution in [3.63, 3.8) is 0 Å². The molecule has 13 nitrogen and oxygen atoms in total. The summed E-state index contributed by atoms with van der Waals surface area (Å²) in [6.45, 7) is 7.16. The molecule has 0 radical (unpaired) electrons. The van der Waals surface area contributed by atoms with Gasteiger partial charge in [-0.1, -0.05) is 24.3 Å². The summed E-state index contributed by atoms with van der Waals surface area (Å²) in [5, 5.41) is 21.9. The van der Waals surface area contributed by atoms with Crippen LogP contribution < -0.4 is 0 Å². The molecule has 0 saturated heterocycles. The van der Waals surface area contributed by atoms with Gasteiger partial charge in [-0.2, -0.15) is 8.42 Å². The number of aromatic amines is 1. The monoisotopic (exact) mass is 653 g/mol. The van der Waals surface area contributed by atoms with E-state index in [0.717, 1.165) is 65.3 Å². The Balaban J connectivity index is 0.905. The maximum atomic E-state index is 10.8. The lowest BCUT2D eigenvalue weighted by atomic mass is 9.39. The Kier molecular flexibility index (Phi) is 6.73. The normalized spacial score (nSPS) is 38.8. The molecule has 3 aromatic heterocycles. The lowest BCUT2D eigenvalue weighted by molar-refractivity contribution is -0.201. The van der Waals surface area contributed by atoms with Crippen LogP contribution in [-0.4, -0.2) is 64.2 Å². The number of rotatable bonds is 13. The highest BCUT2D eigenvalue weighted by atomic mass is 32.3. The molecule has 0 spiro atoms. The summed E-state index contributed by atoms with van der Waals surface area (Å²) >= 11 is 0. The quantitative estimate of drug-likeness (QED) is 0.206. The molecule has 3 aromatic rings.